The Morgan fingerprint density at radius 2 is 1.96 bits per heavy atom. The van der Waals surface area contributed by atoms with Crippen LogP contribution in [0.15, 0.2) is 40.2 Å². The van der Waals surface area contributed by atoms with E-state index in [1.807, 2.05) is 36.1 Å². The standard InChI is InChI=1S/C20H25N5O3/c1-14-12-18(26)22-20(21-14)24-23-15(2)16-6-8-17(9-7-16)28-13-19(27)25-10-4-3-5-11-25/h6-9,12H,3-5,10-11,13H2,1-2H3,(H2,21,22,24,26)/b23-15-. The van der Waals surface area contributed by atoms with Crippen molar-refractivity contribution in [3.8, 4) is 5.75 Å². The van der Waals surface area contributed by atoms with Crippen LogP contribution in [0.2, 0.25) is 0 Å². The smallest absolute Gasteiger partial charge is 0.260 e. The molecule has 1 saturated heterocycles. The van der Waals surface area contributed by atoms with Crippen LogP contribution in [0, 0.1) is 6.92 Å². The van der Waals surface area contributed by atoms with Gasteiger partial charge in [0.1, 0.15) is 5.75 Å². The number of benzene rings is 1. The van der Waals surface area contributed by atoms with Crippen LogP contribution >= 0.6 is 0 Å². The quantitative estimate of drug-likeness (QED) is 0.589. The molecular formula is C20H25N5O3. The third kappa shape index (κ3) is 5.42. The predicted octanol–water partition coefficient (Wildman–Crippen LogP) is 2.31. The van der Waals surface area contributed by atoms with Gasteiger partial charge in [-0.25, -0.2) is 10.4 Å². The molecule has 2 N–H and O–H groups in total. The molecule has 0 aliphatic carbocycles. The van der Waals surface area contributed by atoms with Crippen LogP contribution in [0.3, 0.4) is 0 Å². The Morgan fingerprint density at radius 3 is 2.64 bits per heavy atom. The van der Waals surface area contributed by atoms with Gasteiger partial charge in [-0.1, -0.05) is 0 Å². The van der Waals surface area contributed by atoms with Gasteiger partial charge >= 0.3 is 0 Å². The molecule has 0 spiro atoms. The Kier molecular flexibility index (Phi) is 6.41. The van der Waals surface area contributed by atoms with Crippen LogP contribution in [-0.4, -0.2) is 46.2 Å². The maximum atomic E-state index is 12.2. The number of rotatable bonds is 6. The monoisotopic (exact) mass is 383 g/mol. The summed E-state index contributed by atoms with van der Waals surface area (Å²) in [6.07, 6.45) is 3.33. The molecule has 0 atom stereocenters. The van der Waals surface area contributed by atoms with Crippen molar-refractivity contribution in [3.05, 3.63) is 51.9 Å². The van der Waals surface area contributed by atoms with Gasteiger partial charge < -0.3 is 9.64 Å². The number of likely N-dealkylation sites (tertiary alicyclic amines) is 1. The van der Waals surface area contributed by atoms with E-state index in [1.165, 1.54) is 12.5 Å². The van der Waals surface area contributed by atoms with Gasteiger partial charge in [0.05, 0.1) is 5.71 Å². The molecule has 8 nitrogen and oxygen atoms in total. The van der Waals surface area contributed by atoms with Gasteiger partial charge in [0.2, 0.25) is 5.95 Å². The van der Waals surface area contributed by atoms with E-state index < -0.39 is 0 Å². The lowest BCUT2D eigenvalue weighted by atomic mass is 10.1. The third-order valence-corrected chi connectivity index (χ3v) is 4.54. The number of carbonyl (C=O) groups excluding carboxylic acids is 1. The number of aromatic nitrogens is 2. The van der Waals surface area contributed by atoms with E-state index in [-0.39, 0.29) is 18.1 Å². The molecule has 1 fully saturated rings. The first kappa shape index (κ1) is 19.6. The highest BCUT2D eigenvalue weighted by atomic mass is 16.5. The van der Waals surface area contributed by atoms with E-state index >= 15 is 0 Å². The molecule has 8 heteroatoms. The Morgan fingerprint density at radius 1 is 1.25 bits per heavy atom. The van der Waals surface area contributed by atoms with Crippen molar-refractivity contribution in [1.82, 2.24) is 14.9 Å². The zero-order valence-corrected chi connectivity index (χ0v) is 16.2. The zero-order chi connectivity index (χ0) is 19.9. The van der Waals surface area contributed by atoms with E-state index in [9.17, 15) is 9.59 Å². The summed E-state index contributed by atoms with van der Waals surface area (Å²) in [5, 5.41) is 4.24. The number of hydrogen-bond acceptors (Lipinski definition) is 6. The molecule has 1 amide bonds. The molecular weight excluding hydrogens is 358 g/mol. The molecule has 148 valence electrons. The van der Waals surface area contributed by atoms with Crippen molar-refractivity contribution in [3.63, 3.8) is 0 Å². The number of nitrogens with zero attached hydrogens (tertiary/aromatic N) is 3. The number of ether oxygens (including phenoxy) is 1. The lowest BCUT2D eigenvalue weighted by Crippen LogP contribution is -2.38. The molecule has 0 radical (unpaired) electrons. The summed E-state index contributed by atoms with van der Waals surface area (Å²) in [6.45, 7) is 5.29. The zero-order valence-electron chi connectivity index (χ0n) is 16.2. The first-order valence-corrected chi connectivity index (χ1v) is 9.40. The van der Waals surface area contributed by atoms with Crippen LogP contribution in [0.4, 0.5) is 5.95 Å². The van der Waals surface area contributed by atoms with Crippen molar-refractivity contribution >= 4 is 17.6 Å². The summed E-state index contributed by atoms with van der Waals surface area (Å²) in [5.41, 5.74) is 4.74. The minimum Gasteiger partial charge on any atom is -0.484 e. The minimum absolute atomic E-state index is 0.0327. The van der Waals surface area contributed by atoms with Gasteiger partial charge in [0.15, 0.2) is 6.61 Å². The molecule has 2 heterocycles. The number of hydrogen-bond donors (Lipinski definition) is 2. The highest BCUT2D eigenvalue weighted by Crippen LogP contribution is 2.14. The van der Waals surface area contributed by atoms with Crippen LogP contribution in [0.1, 0.15) is 37.4 Å². The molecule has 1 aromatic carbocycles. The average Bonchev–Trinajstić information content (AvgIpc) is 2.70. The second-order valence-electron chi connectivity index (χ2n) is 6.80. The summed E-state index contributed by atoms with van der Waals surface area (Å²) in [7, 11) is 0. The van der Waals surface area contributed by atoms with Gasteiger partial charge in [-0.2, -0.15) is 5.10 Å². The molecule has 0 bridgehead atoms. The number of H-pyrrole nitrogens is 1. The normalized spacial score (nSPS) is 14.6. The topological polar surface area (TPSA) is 99.7 Å². The van der Waals surface area contributed by atoms with Crippen LogP contribution in [0.5, 0.6) is 5.75 Å². The van der Waals surface area contributed by atoms with Crippen molar-refractivity contribution in [2.45, 2.75) is 33.1 Å². The van der Waals surface area contributed by atoms with Crippen molar-refractivity contribution in [1.29, 1.82) is 0 Å². The number of nitrogens with one attached hydrogen (secondary N) is 2. The predicted molar refractivity (Wildman–Crippen MR) is 108 cm³/mol. The number of carbonyl (C=O) groups is 1. The molecule has 28 heavy (non-hydrogen) atoms. The summed E-state index contributed by atoms with van der Waals surface area (Å²) >= 11 is 0. The largest absolute Gasteiger partial charge is 0.484 e. The molecule has 1 aromatic heterocycles. The van der Waals surface area contributed by atoms with E-state index in [2.05, 4.69) is 20.5 Å². The van der Waals surface area contributed by atoms with Crippen LogP contribution in [0.25, 0.3) is 0 Å². The van der Waals surface area contributed by atoms with Crippen LogP contribution < -0.4 is 15.7 Å². The van der Waals surface area contributed by atoms with Gasteiger partial charge in [0, 0.05) is 24.8 Å². The summed E-state index contributed by atoms with van der Waals surface area (Å²) in [4.78, 5) is 32.2. The fraction of sp³-hybridized carbons (Fsp3) is 0.400. The Labute approximate surface area is 163 Å². The van der Waals surface area contributed by atoms with Gasteiger partial charge in [-0.3, -0.25) is 14.6 Å². The van der Waals surface area contributed by atoms with E-state index in [4.69, 9.17) is 4.74 Å². The maximum Gasteiger partial charge on any atom is 0.260 e. The minimum atomic E-state index is -0.233. The molecule has 0 saturated carbocycles. The average molecular weight is 383 g/mol. The first-order chi connectivity index (χ1) is 13.5. The van der Waals surface area contributed by atoms with Gasteiger partial charge in [-0.15, -0.1) is 0 Å². The van der Waals surface area contributed by atoms with Crippen molar-refractivity contribution in [2.24, 2.45) is 5.10 Å². The molecule has 3 rings (SSSR count). The number of aromatic amines is 1. The number of anilines is 1. The highest BCUT2D eigenvalue weighted by molar-refractivity contribution is 5.99. The third-order valence-electron chi connectivity index (χ3n) is 4.54. The van der Waals surface area contributed by atoms with Crippen molar-refractivity contribution in [2.75, 3.05) is 25.1 Å². The lowest BCUT2D eigenvalue weighted by Gasteiger charge is -2.26. The summed E-state index contributed by atoms with van der Waals surface area (Å²) in [5.74, 6) is 0.963. The Bertz CT molecular complexity index is 899. The SMILES string of the molecule is C/C(=N/Nc1nc(C)cc(=O)[nH]1)c1ccc(OCC(=O)N2CCCCC2)cc1. The molecule has 1 aliphatic rings. The molecule has 2 aromatic rings. The van der Waals surface area contributed by atoms with Gasteiger partial charge in [0.25, 0.3) is 11.5 Å². The number of piperidine rings is 1. The summed E-state index contributed by atoms with van der Waals surface area (Å²) < 4.78 is 5.61. The number of aryl methyl sites for hydroxylation is 1. The number of amides is 1. The Balaban J connectivity index is 1.55. The maximum absolute atomic E-state index is 12.2. The first-order valence-electron chi connectivity index (χ1n) is 9.40. The van der Waals surface area contributed by atoms with Crippen LogP contribution in [-0.2, 0) is 4.79 Å². The van der Waals surface area contributed by atoms with E-state index in [0.29, 0.717) is 17.4 Å². The second-order valence-corrected chi connectivity index (χ2v) is 6.80. The van der Waals surface area contributed by atoms with Gasteiger partial charge in [-0.05, 0) is 62.9 Å². The second kappa shape index (κ2) is 9.16. The highest BCUT2D eigenvalue weighted by Gasteiger charge is 2.16. The van der Waals surface area contributed by atoms with Crippen molar-refractivity contribution < 1.29 is 9.53 Å². The number of hydrazone groups is 1. The fourth-order valence-corrected chi connectivity index (χ4v) is 3.01. The van der Waals surface area contributed by atoms with E-state index in [0.717, 1.165) is 37.2 Å². The molecule has 0 unspecified atom stereocenters. The molecule has 1 aliphatic heterocycles. The Hall–Kier alpha value is -3.16. The lowest BCUT2D eigenvalue weighted by molar-refractivity contribution is -0.134. The summed E-state index contributed by atoms with van der Waals surface area (Å²) in [6, 6.07) is 8.77. The fourth-order valence-electron chi connectivity index (χ4n) is 3.01. The van der Waals surface area contributed by atoms with E-state index in [1.54, 1.807) is 6.92 Å².